The summed E-state index contributed by atoms with van der Waals surface area (Å²) in [6, 6.07) is 15.2. The van der Waals surface area contributed by atoms with E-state index in [9.17, 15) is 9.90 Å². The van der Waals surface area contributed by atoms with Gasteiger partial charge < -0.3 is 10.4 Å². The number of carbonyl (C=O) groups is 1. The van der Waals surface area contributed by atoms with Crippen molar-refractivity contribution in [3.63, 3.8) is 0 Å². The average Bonchev–Trinajstić information content (AvgIpc) is 2.60. The predicted molar refractivity (Wildman–Crippen MR) is 99.6 cm³/mol. The minimum absolute atomic E-state index is 0.102. The summed E-state index contributed by atoms with van der Waals surface area (Å²) in [6.45, 7) is 5.76. The number of phenols is 1. The van der Waals surface area contributed by atoms with Crippen LogP contribution in [0.2, 0.25) is 0 Å². The van der Waals surface area contributed by atoms with Gasteiger partial charge in [-0.25, -0.2) is 0 Å². The van der Waals surface area contributed by atoms with E-state index in [2.05, 4.69) is 36.3 Å². The number of nitrogens with one attached hydrogen (secondary N) is 1. The molecule has 0 unspecified atom stereocenters. The fraction of sp³-hybridized carbons (Fsp3) is 0.238. The molecule has 128 valence electrons. The Kier molecular flexibility index (Phi) is 4.70. The lowest BCUT2D eigenvalue weighted by Crippen LogP contribution is -2.27. The van der Waals surface area contributed by atoms with Crippen molar-refractivity contribution in [3.8, 4) is 5.75 Å². The van der Waals surface area contributed by atoms with Crippen LogP contribution in [0.1, 0.15) is 49.4 Å². The van der Waals surface area contributed by atoms with Gasteiger partial charge in [0.2, 0.25) is 5.91 Å². The number of phenolic OH excluding ortho intramolecular Hbond substituents is 1. The lowest BCUT2D eigenvalue weighted by atomic mass is 9.94. The van der Waals surface area contributed by atoms with Crippen LogP contribution in [0.15, 0.2) is 54.7 Å². The van der Waals surface area contributed by atoms with Crippen LogP contribution in [0.25, 0.3) is 10.9 Å². The molecule has 0 radical (unpaired) electrons. The Morgan fingerprint density at radius 3 is 2.36 bits per heavy atom. The largest absolute Gasteiger partial charge is 0.505 e. The third-order valence-electron chi connectivity index (χ3n) is 4.37. The topological polar surface area (TPSA) is 62.2 Å². The van der Waals surface area contributed by atoms with Gasteiger partial charge in [-0.15, -0.1) is 0 Å². The number of aromatic nitrogens is 1. The van der Waals surface area contributed by atoms with E-state index in [-0.39, 0.29) is 11.7 Å². The number of pyridine rings is 1. The fourth-order valence-electron chi connectivity index (χ4n) is 3.00. The molecule has 0 aliphatic rings. The summed E-state index contributed by atoms with van der Waals surface area (Å²) in [4.78, 5) is 16.0. The summed E-state index contributed by atoms with van der Waals surface area (Å²) in [5.74, 6) is 0.384. The summed E-state index contributed by atoms with van der Waals surface area (Å²) >= 11 is 0. The van der Waals surface area contributed by atoms with E-state index < -0.39 is 6.04 Å². The second-order valence-corrected chi connectivity index (χ2v) is 6.53. The monoisotopic (exact) mass is 334 g/mol. The zero-order valence-electron chi connectivity index (χ0n) is 14.7. The van der Waals surface area contributed by atoms with Gasteiger partial charge in [-0.05, 0) is 23.1 Å². The van der Waals surface area contributed by atoms with Crippen molar-refractivity contribution in [2.75, 3.05) is 0 Å². The van der Waals surface area contributed by atoms with Crippen LogP contribution in [-0.2, 0) is 4.79 Å². The van der Waals surface area contributed by atoms with Gasteiger partial charge in [0.1, 0.15) is 11.3 Å². The molecule has 1 aromatic heterocycles. The van der Waals surface area contributed by atoms with E-state index in [1.165, 1.54) is 12.5 Å². The van der Waals surface area contributed by atoms with Crippen molar-refractivity contribution in [2.24, 2.45) is 0 Å². The molecule has 1 amide bonds. The molecule has 0 aliphatic carbocycles. The zero-order valence-corrected chi connectivity index (χ0v) is 14.7. The maximum absolute atomic E-state index is 11.7. The molecular formula is C21H22N2O2. The first kappa shape index (κ1) is 17.0. The Labute approximate surface area is 147 Å². The Morgan fingerprint density at radius 2 is 1.72 bits per heavy atom. The van der Waals surface area contributed by atoms with Gasteiger partial charge in [-0.2, -0.15) is 0 Å². The van der Waals surface area contributed by atoms with Crippen molar-refractivity contribution < 1.29 is 9.90 Å². The highest BCUT2D eigenvalue weighted by Gasteiger charge is 2.20. The van der Waals surface area contributed by atoms with Crippen LogP contribution in [-0.4, -0.2) is 16.0 Å². The molecule has 0 saturated carbocycles. The Hall–Kier alpha value is -2.88. The standard InChI is InChI=1S/C21H22N2O2/c1-13(2)15-6-8-17(9-7-15)19(23-14(3)24)18-11-10-16-5-4-12-22-20(16)21(18)25/h4-13,19,25H,1-3H3,(H,23,24)/t19-/m0/s1. The first-order chi connectivity index (χ1) is 12.0. The van der Waals surface area contributed by atoms with Gasteiger partial charge >= 0.3 is 0 Å². The molecular weight excluding hydrogens is 312 g/mol. The molecule has 0 spiro atoms. The van der Waals surface area contributed by atoms with Crippen molar-refractivity contribution in [2.45, 2.75) is 32.7 Å². The molecule has 0 bridgehead atoms. The van der Waals surface area contributed by atoms with Gasteiger partial charge in [0.25, 0.3) is 0 Å². The molecule has 4 nitrogen and oxygen atoms in total. The van der Waals surface area contributed by atoms with Gasteiger partial charge in [-0.3, -0.25) is 9.78 Å². The van der Waals surface area contributed by atoms with Gasteiger partial charge in [0.05, 0.1) is 6.04 Å². The number of benzene rings is 2. The SMILES string of the molecule is CC(=O)N[C@@H](c1ccc(C(C)C)cc1)c1ccc2cccnc2c1O. The molecule has 4 heteroatoms. The summed E-state index contributed by atoms with van der Waals surface area (Å²) < 4.78 is 0. The average molecular weight is 334 g/mol. The van der Waals surface area contributed by atoms with Crippen molar-refractivity contribution in [1.82, 2.24) is 10.3 Å². The summed E-state index contributed by atoms with van der Waals surface area (Å²) in [6.07, 6.45) is 1.65. The Balaban J connectivity index is 2.10. The summed E-state index contributed by atoms with van der Waals surface area (Å²) in [5.41, 5.74) is 3.33. The number of amides is 1. The highest BCUT2D eigenvalue weighted by atomic mass is 16.3. The molecule has 0 fully saturated rings. The number of nitrogens with zero attached hydrogens (tertiary/aromatic N) is 1. The third kappa shape index (κ3) is 3.48. The number of hydrogen-bond acceptors (Lipinski definition) is 3. The van der Waals surface area contributed by atoms with E-state index in [4.69, 9.17) is 0 Å². The normalized spacial score (nSPS) is 12.3. The minimum Gasteiger partial charge on any atom is -0.505 e. The van der Waals surface area contributed by atoms with Crippen LogP contribution in [0.4, 0.5) is 0 Å². The molecule has 3 aromatic rings. The minimum atomic E-state index is -0.426. The second kappa shape index (κ2) is 6.93. The number of hydrogen-bond donors (Lipinski definition) is 2. The molecule has 3 rings (SSSR count). The van der Waals surface area contributed by atoms with Crippen LogP contribution < -0.4 is 5.32 Å². The number of rotatable bonds is 4. The smallest absolute Gasteiger partial charge is 0.217 e. The highest BCUT2D eigenvalue weighted by molar-refractivity contribution is 5.86. The molecule has 25 heavy (non-hydrogen) atoms. The van der Waals surface area contributed by atoms with Gasteiger partial charge in [0, 0.05) is 24.1 Å². The van der Waals surface area contributed by atoms with Crippen molar-refractivity contribution in [3.05, 3.63) is 71.4 Å². The lowest BCUT2D eigenvalue weighted by molar-refractivity contribution is -0.119. The van der Waals surface area contributed by atoms with Crippen LogP contribution in [0.5, 0.6) is 5.75 Å². The van der Waals surface area contributed by atoms with E-state index in [0.29, 0.717) is 17.0 Å². The number of carbonyl (C=O) groups excluding carboxylic acids is 1. The molecule has 0 saturated heterocycles. The second-order valence-electron chi connectivity index (χ2n) is 6.53. The Bertz CT molecular complexity index is 901. The Morgan fingerprint density at radius 1 is 1.04 bits per heavy atom. The highest BCUT2D eigenvalue weighted by Crippen LogP contribution is 2.34. The van der Waals surface area contributed by atoms with Gasteiger partial charge in [0.15, 0.2) is 0 Å². The first-order valence-corrected chi connectivity index (χ1v) is 8.41. The van der Waals surface area contributed by atoms with Crippen LogP contribution in [0, 0.1) is 0 Å². The lowest BCUT2D eigenvalue weighted by Gasteiger charge is -2.21. The van der Waals surface area contributed by atoms with E-state index in [0.717, 1.165) is 10.9 Å². The molecule has 1 atom stereocenters. The molecule has 2 aromatic carbocycles. The van der Waals surface area contributed by atoms with E-state index in [1.54, 1.807) is 6.20 Å². The number of fused-ring (bicyclic) bond motifs is 1. The van der Waals surface area contributed by atoms with Crippen LogP contribution in [0.3, 0.4) is 0 Å². The quantitative estimate of drug-likeness (QED) is 0.748. The third-order valence-corrected chi connectivity index (χ3v) is 4.37. The van der Waals surface area contributed by atoms with Crippen molar-refractivity contribution in [1.29, 1.82) is 0 Å². The maximum Gasteiger partial charge on any atom is 0.217 e. The molecule has 1 heterocycles. The van der Waals surface area contributed by atoms with E-state index >= 15 is 0 Å². The van der Waals surface area contributed by atoms with Gasteiger partial charge in [-0.1, -0.05) is 56.3 Å². The predicted octanol–water partition coefficient (Wildman–Crippen LogP) is 4.29. The summed E-state index contributed by atoms with van der Waals surface area (Å²) in [5, 5.41) is 14.5. The maximum atomic E-state index is 11.7. The zero-order chi connectivity index (χ0) is 18.0. The van der Waals surface area contributed by atoms with Crippen LogP contribution >= 0.6 is 0 Å². The first-order valence-electron chi connectivity index (χ1n) is 8.41. The number of aromatic hydroxyl groups is 1. The fourth-order valence-corrected chi connectivity index (χ4v) is 3.00. The van der Waals surface area contributed by atoms with Crippen molar-refractivity contribution >= 4 is 16.8 Å². The summed E-state index contributed by atoms with van der Waals surface area (Å²) in [7, 11) is 0. The molecule has 0 aliphatic heterocycles. The van der Waals surface area contributed by atoms with E-state index in [1.807, 2.05) is 36.4 Å². The molecule has 2 N–H and O–H groups in total.